The van der Waals surface area contributed by atoms with Gasteiger partial charge in [-0.05, 0) is 12.0 Å². The van der Waals surface area contributed by atoms with Crippen LogP contribution in [0.2, 0.25) is 0 Å². The fourth-order valence-corrected chi connectivity index (χ4v) is 7.38. The average Bonchev–Trinajstić information content (AvgIpc) is 3.27. The van der Waals surface area contributed by atoms with Crippen LogP contribution in [0.15, 0.2) is 30.3 Å². The third-order valence-electron chi connectivity index (χ3n) is 3.48. The lowest BCUT2D eigenvalue weighted by Gasteiger charge is -2.23. The number of hydrogen-bond acceptors (Lipinski definition) is 2. The van der Waals surface area contributed by atoms with E-state index >= 15 is 0 Å². The summed E-state index contributed by atoms with van der Waals surface area (Å²) in [7, 11) is -0.888. The van der Waals surface area contributed by atoms with Gasteiger partial charge < -0.3 is 24.2 Å². The predicted molar refractivity (Wildman–Crippen MR) is 79.2 cm³/mol. The summed E-state index contributed by atoms with van der Waals surface area (Å²) >= 11 is 0. The molecule has 4 unspecified atom stereocenters. The summed E-state index contributed by atoms with van der Waals surface area (Å²) in [5.74, 6) is 0.509. The van der Waals surface area contributed by atoms with Gasteiger partial charge >= 0.3 is 0 Å². The number of benzene rings is 1. The topological polar surface area (TPSA) is 85.8 Å². The van der Waals surface area contributed by atoms with Crippen LogP contribution < -0.4 is 0 Å². The maximum Gasteiger partial charge on any atom is 0.277 e. The molecule has 2 heterocycles. The van der Waals surface area contributed by atoms with Crippen LogP contribution in [0, 0.1) is 0 Å². The van der Waals surface area contributed by atoms with Gasteiger partial charge in [0.15, 0.2) is 0 Å². The van der Waals surface area contributed by atoms with Crippen LogP contribution in [0.3, 0.4) is 0 Å². The zero-order valence-corrected chi connectivity index (χ0v) is 12.7. The molecule has 1 aromatic carbocycles. The van der Waals surface area contributed by atoms with E-state index in [1.807, 2.05) is 30.3 Å². The standard InChI is InChI=1S/C13H19O5PS/c14-19(15,16)20(9-11-7-17-11)13(12-8-18-12)6-10-4-2-1-3-5-10/h1-5,11-16H,6-9H2. The van der Waals surface area contributed by atoms with Gasteiger partial charge in [0.1, 0.15) is 0 Å². The fourth-order valence-electron chi connectivity index (χ4n) is 2.28. The normalized spacial score (nSPS) is 27.9. The van der Waals surface area contributed by atoms with Crippen LogP contribution in [-0.4, -0.2) is 51.1 Å². The molecule has 3 rings (SSSR count). The SMILES string of the molecule is OP(O)(O)=S(CC1CO1)C(Cc1ccccc1)C1CO1. The van der Waals surface area contributed by atoms with E-state index < -0.39 is 16.8 Å². The van der Waals surface area contributed by atoms with Crippen molar-refractivity contribution in [3.63, 3.8) is 0 Å². The van der Waals surface area contributed by atoms with E-state index in [2.05, 4.69) is 0 Å². The van der Waals surface area contributed by atoms with Gasteiger partial charge in [-0.25, -0.2) is 0 Å². The molecule has 0 saturated carbocycles. The number of epoxide rings is 2. The Labute approximate surface area is 120 Å². The second-order valence-electron chi connectivity index (χ2n) is 5.14. The highest BCUT2D eigenvalue weighted by Crippen LogP contribution is 2.42. The molecule has 0 bridgehead atoms. The van der Waals surface area contributed by atoms with Gasteiger partial charge in [-0.2, -0.15) is 0 Å². The van der Waals surface area contributed by atoms with Crippen molar-refractivity contribution in [1.29, 1.82) is 0 Å². The number of rotatable bonds is 6. The van der Waals surface area contributed by atoms with Crippen LogP contribution in [0.25, 0.3) is 0 Å². The molecule has 3 N–H and O–H groups in total. The molecule has 2 saturated heterocycles. The van der Waals surface area contributed by atoms with Gasteiger partial charge in [0, 0.05) is 11.0 Å². The molecule has 5 nitrogen and oxygen atoms in total. The summed E-state index contributed by atoms with van der Waals surface area (Å²) in [6.07, 6.45) is 0.759. The summed E-state index contributed by atoms with van der Waals surface area (Å²) in [6.45, 7) is -2.60. The van der Waals surface area contributed by atoms with Crippen molar-refractivity contribution in [3.8, 4) is 0 Å². The van der Waals surface area contributed by atoms with Crippen LogP contribution in [0.5, 0.6) is 0 Å². The molecule has 0 spiro atoms. The quantitative estimate of drug-likeness (QED) is 0.530. The van der Waals surface area contributed by atoms with Crippen LogP contribution in [0.1, 0.15) is 5.56 Å². The Morgan fingerprint density at radius 1 is 1.15 bits per heavy atom. The number of hydrogen-bond donors (Lipinski definition) is 3. The van der Waals surface area contributed by atoms with Gasteiger partial charge in [-0.15, -0.1) is 10.1 Å². The van der Waals surface area contributed by atoms with Crippen molar-refractivity contribution >= 4 is 16.8 Å². The van der Waals surface area contributed by atoms with Crippen LogP contribution in [0.4, 0.5) is 0 Å². The number of ether oxygens (including phenoxy) is 2. The molecule has 1 aromatic rings. The Balaban J connectivity index is 1.84. The third-order valence-corrected chi connectivity index (χ3v) is 9.14. The lowest BCUT2D eigenvalue weighted by molar-refractivity contribution is 0.360. The summed E-state index contributed by atoms with van der Waals surface area (Å²) in [4.78, 5) is 29.4. The lowest BCUT2D eigenvalue weighted by atomic mass is 10.1. The zero-order valence-electron chi connectivity index (χ0n) is 11.0. The van der Waals surface area contributed by atoms with E-state index in [4.69, 9.17) is 9.47 Å². The first kappa shape index (κ1) is 14.7. The first-order chi connectivity index (χ1) is 9.54. The lowest BCUT2D eigenvalue weighted by Crippen LogP contribution is -2.29. The summed E-state index contributed by atoms with van der Waals surface area (Å²) in [5.41, 5.74) is 1.12. The van der Waals surface area contributed by atoms with E-state index in [0.29, 0.717) is 25.4 Å². The van der Waals surface area contributed by atoms with Crippen molar-refractivity contribution in [3.05, 3.63) is 35.9 Å². The molecule has 0 aliphatic carbocycles. The minimum atomic E-state index is -3.88. The van der Waals surface area contributed by atoms with E-state index in [0.717, 1.165) is 5.56 Å². The Hall–Kier alpha value is -0.200. The summed E-state index contributed by atoms with van der Waals surface area (Å²) in [6, 6.07) is 9.89. The highest BCUT2D eigenvalue weighted by molar-refractivity contribution is 8.27. The third kappa shape index (κ3) is 3.92. The smallest absolute Gasteiger partial charge is 0.277 e. The van der Waals surface area contributed by atoms with E-state index in [9.17, 15) is 14.7 Å². The predicted octanol–water partition coefficient (Wildman–Crippen LogP) is 0.668. The van der Waals surface area contributed by atoms with Crippen LogP contribution in [-0.2, 0) is 26.0 Å². The fraction of sp³-hybridized carbons (Fsp3) is 0.538. The molecule has 7 heteroatoms. The van der Waals surface area contributed by atoms with Crippen molar-refractivity contribution in [1.82, 2.24) is 0 Å². The zero-order chi connectivity index (χ0) is 14.2. The first-order valence-electron chi connectivity index (χ1n) is 6.59. The minimum Gasteiger partial charge on any atom is -0.372 e. The Morgan fingerprint density at radius 2 is 1.80 bits per heavy atom. The van der Waals surface area contributed by atoms with Gasteiger partial charge in [0.05, 0.1) is 25.4 Å². The molecule has 4 atom stereocenters. The molecular weight excluding hydrogens is 299 g/mol. The maximum absolute atomic E-state index is 9.80. The van der Waals surface area contributed by atoms with Crippen molar-refractivity contribution in [2.24, 2.45) is 0 Å². The Kier molecular flexibility index (Phi) is 4.34. The molecule has 2 aliphatic heterocycles. The minimum absolute atomic E-state index is 0.0168. The van der Waals surface area contributed by atoms with Gasteiger partial charge in [-0.1, -0.05) is 30.3 Å². The van der Waals surface area contributed by atoms with Crippen LogP contribution >= 0.6 is 6.72 Å². The van der Waals surface area contributed by atoms with Crippen molar-refractivity contribution in [2.45, 2.75) is 23.9 Å². The molecule has 2 aliphatic rings. The molecule has 0 radical (unpaired) electrons. The molecule has 0 aromatic heterocycles. The van der Waals surface area contributed by atoms with Gasteiger partial charge in [0.25, 0.3) is 6.72 Å². The Morgan fingerprint density at radius 3 is 2.30 bits per heavy atom. The van der Waals surface area contributed by atoms with E-state index in [1.165, 1.54) is 0 Å². The second kappa shape index (κ2) is 5.89. The van der Waals surface area contributed by atoms with E-state index in [-0.39, 0.29) is 17.5 Å². The first-order valence-corrected chi connectivity index (χ1v) is 10.3. The summed E-state index contributed by atoms with van der Waals surface area (Å²) < 4.78 is 10.6. The molecule has 2 fully saturated rings. The van der Waals surface area contributed by atoms with E-state index in [1.54, 1.807) is 0 Å². The molecule has 0 amide bonds. The Bertz CT molecular complexity index is 513. The largest absolute Gasteiger partial charge is 0.372 e. The molecule has 20 heavy (non-hydrogen) atoms. The monoisotopic (exact) mass is 318 g/mol. The highest BCUT2D eigenvalue weighted by atomic mass is 32.5. The highest BCUT2D eigenvalue weighted by Gasteiger charge is 2.40. The second-order valence-corrected chi connectivity index (χ2v) is 10.8. The summed E-state index contributed by atoms with van der Waals surface area (Å²) in [5, 5.41) is -0.0602. The van der Waals surface area contributed by atoms with Crippen molar-refractivity contribution in [2.75, 3.05) is 19.0 Å². The molecular formula is C13H19O5PS. The van der Waals surface area contributed by atoms with Gasteiger partial charge in [0.2, 0.25) is 0 Å². The van der Waals surface area contributed by atoms with Crippen molar-refractivity contribution < 1.29 is 24.2 Å². The maximum atomic E-state index is 9.80. The van der Waals surface area contributed by atoms with Gasteiger partial charge in [-0.3, -0.25) is 0 Å². The average molecular weight is 318 g/mol. The molecule has 112 valence electrons.